The second-order valence-electron chi connectivity index (χ2n) is 5.40. The zero-order valence-corrected chi connectivity index (χ0v) is 14.1. The largest absolute Gasteiger partial charge is 0.381 e. The molecule has 1 N–H and O–H groups in total. The highest BCUT2D eigenvalue weighted by atomic mass is 35.5. The van der Waals surface area contributed by atoms with Crippen LogP contribution in [0.5, 0.6) is 0 Å². The second kappa shape index (κ2) is 7.80. The van der Waals surface area contributed by atoms with E-state index in [0.717, 1.165) is 44.6 Å². The van der Waals surface area contributed by atoms with E-state index in [1.54, 1.807) is 7.11 Å². The van der Waals surface area contributed by atoms with Gasteiger partial charge in [-0.15, -0.1) is 0 Å². The summed E-state index contributed by atoms with van der Waals surface area (Å²) >= 11 is 12.6. The fraction of sp³-hybridized carbons (Fsp3) is 0.625. The highest BCUT2D eigenvalue weighted by molar-refractivity contribution is 6.36. The summed E-state index contributed by atoms with van der Waals surface area (Å²) in [4.78, 5) is 0. The fourth-order valence-electron chi connectivity index (χ4n) is 3.03. The third-order valence-corrected chi connectivity index (χ3v) is 5.01. The van der Waals surface area contributed by atoms with Crippen LogP contribution in [0, 0.1) is 0 Å². The zero-order chi connectivity index (χ0) is 15.3. The van der Waals surface area contributed by atoms with Crippen molar-refractivity contribution in [2.75, 3.05) is 26.9 Å². The van der Waals surface area contributed by atoms with Gasteiger partial charge in [-0.1, -0.05) is 36.2 Å². The molecule has 1 aromatic rings. The normalized spacial score (nSPS) is 19.4. The van der Waals surface area contributed by atoms with Gasteiger partial charge >= 0.3 is 0 Å². The lowest BCUT2D eigenvalue weighted by Crippen LogP contribution is -2.56. The average Bonchev–Trinajstić information content (AvgIpc) is 2.50. The minimum Gasteiger partial charge on any atom is -0.381 e. The maximum atomic E-state index is 6.32. The van der Waals surface area contributed by atoms with E-state index in [9.17, 15) is 0 Å². The van der Waals surface area contributed by atoms with E-state index in [4.69, 9.17) is 32.7 Å². The van der Waals surface area contributed by atoms with Crippen LogP contribution in [0.3, 0.4) is 0 Å². The number of rotatable bonds is 6. The predicted octanol–water partition coefficient (Wildman–Crippen LogP) is 3.71. The predicted molar refractivity (Wildman–Crippen MR) is 87.4 cm³/mol. The number of hydrogen-bond acceptors (Lipinski definition) is 3. The number of halogens is 2. The van der Waals surface area contributed by atoms with E-state index in [1.165, 1.54) is 0 Å². The quantitative estimate of drug-likeness (QED) is 0.861. The Hall–Kier alpha value is -0.320. The summed E-state index contributed by atoms with van der Waals surface area (Å²) in [5.74, 6) is 0. The van der Waals surface area contributed by atoms with Crippen LogP contribution in [0.1, 0.15) is 25.3 Å². The van der Waals surface area contributed by atoms with Gasteiger partial charge in [0.2, 0.25) is 0 Å². The monoisotopic (exact) mass is 331 g/mol. The van der Waals surface area contributed by atoms with Crippen LogP contribution in [0.4, 0.5) is 0 Å². The molecule has 1 atom stereocenters. The lowest BCUT2D eigenvalue weighted by atomic mass is 9.82. The maximum absolute atomic E-state index is 6.32. The van der Waals surface area contributed by atoms with E-state index in [1.807, 2.05) is 18.2 Å². The van der Waals surface area contributed by atoms with Crippen molar-refractivity contribution in [2.45, 2.75) is 37.8 Å². The molecule has 1 aliphatic rings. The standard InChI is InChI=1S/C16H23Cl2NO2/c1-3-19-15(16(20-2)7-9-21-10-8-16)11-12-13(17)5-4-6-14(12)18/h4-6,15,19H,3,7-11H2,1-2H3. The number of methoxy groups -OCH3 is 1. The van der Waals surface area contributed by atoms with E-state index in [-0.39, 0.29) is 11.6 Å². The van der Waals surface area contributed by atoms with Crippen LogP contribution in [0.15, 0.2) is 18.2 Å². The van der Waals surface area contributed by atoms with Crippen LogP contribution in [-0.4, -0.2) is 38.5 Å². The van der Waals surface area contributed by atoms with Crippen LogP contribution >= 0.6 is 23.2 Å². The van der Waals surface area contributed by atoms with Crippen molar-refractivity contribution in [3.05, 3.63) is 33.8 Å². The van der Waals surface area contributed by atoms with Gasteiger partial charge in [-0.05, 0) is 30.7 Å². The number of hydrogen-bond donors (Lipinski definition) is 1. The van der Waals surface area contributed by atoms with Gasteiger partial charge in [-0.2, -0.15) is 0 Å². The molecular weight excluding hydrogens is 309 g/mol. The topological polar surface area (TPSA) is 30.5 Å². The fourth-order valence-corrected chi connectivity index (χ4v) is 3.59. The lowest BCUT2D eigenvalue weighted by Gasteiger charge is -2.43. The molecule has 2 rings (SSSR count). The molecule has 1 heterocycles. The van der Waals surface area contributed by atoms with Crippen molar-refractivity contribution in [1.82, 2.24) is 5.32 Å². The van der Waals surface area contributed by atoms with Crippen LogP contribution in [-0.2, 0) is 15.9 Å². The Balaban J connectivity index is 2.25. The Labute approximate surface area is 136 Å². The molecule has 118 valence electrons. The first kappa shape index (κ1) is 17.0. The zero-order valence-electron chi connectivity index (χ0n) is 12.6. The molecule has 5 heteroatoms. The molecule has 1 aromatic carbocycles. The van der Waals surface area contributed by atoms with Crippen molar-refractivity contribution in [2.24, 2.45) is 0 Å². The van der Waals surface area contributed by atoms with Gasteiger partial charge in [-0.3, -0.25) is 0 Å². The Morgan fingerprint density at radius 3 is 2.43 bits per heavy atom. The highest BCUT2D eigenvalue weighted by Gasteiger charge is 2.40. The SMILES string of the molecule is CCNC(Cc1c(Cl)cccc1Cl)C1(OC)CCOCC1. The van der Waals surface area contributed by atoms with Crippen molar-refractivity contribution < 1.29 is 9.47 Å². The summed E-state index contributed by atoms with van der Waals surface area (Å²) in [6.07, 6.45) is 2.51. The van der Waals surface area contributed by atoms with Crippen LogP contribution in [0.25, 0.3) is 0 Å². The van der Waals surface area contributed by atoms with Gasteiger partial charge in [-0.25, -0.2) is 0 Å². The molecule has 0 aromatic heterocycles. The van der Waals surface area contributed by atoms with E-state index in [2.05, 4.69) is 12.2 Å². The Morgan fingerprint density at radius 2 is 1.90 bits per heavy atom. The number of benzene rings is 1. The number of ether oxygens (including phenoxy) is 2. The molecule has 1 fully saturated rings. The molecule has 0 saturated carbocycles. The van der Waals surface area contributed by atoms with E-state index < -0.39 is 0 Å². The molecule has 1 unspecified atom stereocenters. The third kappa shape index (κ3) is 3.91. The average molecular weight is 332 g/mol. The third-order valence-electron chi connectivity index (χ3n) is 4.30. The summed E-state index contributed by atoms with van der Waals surface area (Å²) in [6.45, 7) is 4.43. The van der Waals surface area contributed by atoms with Crippen LogP contribution < -0.4 is 5.32 Å². The maximum Gasteiger partial charge on any atom is 0.0877 e. The highest BCUT2D eigenvalue weighted by Crippen LogP contribution is 2.33. The molecule has 0 amide bonds. The molecule has 1 saturated heterocycles. The van der Waals surface area contributed by atoms with Crippen molar-refractivity contribution in [3.63, 3.8) is 0 Å². The van der Waals surface area contributed by atoms with E-state index in [0.29, 0.717) is 10.0 Å². The summed E-state index contributed by atoms with van der Waals surface area (Å²) < 4.78 is 11.4. The first-order valence-corrected chi connectivity index (χ1v) is 8.17. The number of nitrogens with one attached hydrogen (secondary N) is 1. The van der Waals surface area contributed by atoms with Gasteiger partial charge in [0, 0.05) is 49.3 Å². The van der Waals surface area contributed by atoms with Gasteiger partial charge in [0.1, 0.15) is 0 Å². The minimum absolute atomic E-state index is 0.161. The Bertz CT molecular complexity index is 441. The van der Waals surface area contributed by atoms with Gasteiger partial charge < -0.3 is 14.8 Å². The summed E-state index contributed by atoms with van der Waals surface area (Å²) in [5.41, 5.74) is 0.756. The van der Waals surface area contributed by atoms with Crippen molar-refractivity contribution in [3.8, 4) is 0 Å². The first-order chi connectivity index (χ1) is 10.1. The van der Waals surface area contributed by atoms with Crippen LogP contribution in [0.2, 0.25) is 10.0 Å². The molecule has 0 bridgehead atoms. The molecule has 0 aliphatic carbocycles. The smallest absolute Gasteiger partial charge is 0.0877 e. The number of likely N-dealkylation sites (N-methyl/N-ethyl adjacent to an activating group) is 1. The van der Waals surface area contributed by atoms with Gasteiger partial charge in [0.05, 0.1) is 5.60 Å². The first-order valence-electron chi connectivity index (χ1n) is 7.42. The minimum atomic E-state index is -0.225. The van der Waals surface area contributed by atoms with Gasteiger partial charge in [0.25, 0.3) is 0 Å². The molecule has 21 heavy (non-hydrogen) atoms. The van der Waals surface area contributed by atoms with Crippen molar-refractivity contribution in [1.29, 1.82) is 0 Å². The molecule has 0 spiro atoms. The second-order valence-corrected chi connectivity index (χ2v) is 6.21. The molecule has 3 nitrogen and oxygen atoms in total. The summed E-state index contributed by atoms with van der Waals surface area (Å²) in [5, 5.41) is 4.97. The Kier molecular flexibility index (Phi) is 6.33. The van der Waals surface area contributed by atoms with E-state index >= 15 is 0 Å². The summed E-state index contributed by atoms with van der Waals surface area (Å²) in [6, 6.07) is 5.80. The van der Waals surface area contributed by atoms with Crippen molar-refractivity contribution >= 4 is 23.2 Å². The lowest BCUT2D eigenvalue weighted by molar-refractivity contribution is -0.110. The molecule has 1 aliphatic heterocycles. The van der Waals surface area contributed by atoms with Gasteiger partial charge in [0.15, 0.2) is 0 Å². The summed E-state index contributed by atoms with van der Waals surface area (Å²) in [7, 11) is 1.78. The Morgan fingerprint density at radius 1 is 1.29 bits per heavy atom. The molecule has 0 radical (unpaired) electrons. The molecular formula is C16H23Cl2NO2.